The number of nitro groups is 1. The van der Waals surface area contributed by atoms with Gasteiger partial charge in [0.2, 0.25) is 5.91 Å². The van der Waals surface area contributed by atoms with E-state index in [9.17, 15) is 14.9 Å². The van der Waals surface area contributed by atoms with Gasteiger partial charge >= 0.3 is 0 Å². The van der Waals surface area contributed by atoms with Gasteiger partial charge in [0.25, 0.3) is 5.69 Å². The Bertz CT molecular complexity index is 886. The number of fused-ring (bicyclic) bond motifs is 1. The molecule has 2 aromatic rings. The lowest BCUT2D eigenvalue weighted by Gasteiger charge is -2.37. The van der Waals surface area contributed by atoms with Crippen LogP contribution in [0.25, 0.3) is 0 Å². The van der Waals surface area contributed by atoms with Crippen molar-refractivity contribution < 1.29 is 19.2 Å². The minimum Gasteiger partial charge on any atom is -0.493 e. The van der Waals surface area contributed by atoms with Crippen LogP contribution >= 0.6 is 11.6 Å². The Hall–Kier alpha value is -2.80. The third-order valence-electron chi connectivity index (χ3n) is 4.71. The minimum absolute atomic E-state index is 0.0293. The normalized spacial score (nSPS) is 15.8. The van der Waals surface area contributed by atoms with Crippen molar-refractivity contribution in [1.29, 1.82) is 0 Å². The van der Waals surface area contributed by atoms with Crippen molar-refractivity contribution in [3.8, 4) is 11.5 Å². The van der Waals surface area contributed by atoms with Gasteiger partial charge in [-0.05, 0) is 35.2 Å². The Kier molecular flexibility index (Phi) is 5.51. The first-order chi connectivity index (χ1) is 13.0. The number of amides is 1. The van der Waals surface area contributed by atoms with Crippen molar-refractivity contribution in [3.05, 3.63) is 63.2 Å². The Morgan fingerprint density at radius 2 is 1.96 bits per heavy atom. The molecule has 0 bridgehead atoms. The SMILES string of the molecule is COc1cc2c(cc1OC)C(c1cccc([N+](=O)[O-])c1)N(C(=O)CCl)CC2. The summed E-state index contributed by atoms with van der Waals surface area (Å²) < 4.78 is 10.8. The number of non-ortho nitro benzene ring substituents is 1. The number of hydrogen-bond donors (Lipinski definition) is 0. The number of carbonyl (C=O) groups is 1. The molecule has 0 spiro atoms. The minimum atomic E-state index is -0.486. The van der Waals surface area contributed by atoms with Crippen LogP contribution in [0.2, 0.25) is 0 Å². The molecular weight excluding hydrogens is 372 g/mol. The maximum absolute atomic E-state index is 12.5. The summed E-state index contributed by atoms with van der Waals surface area (Å²) in [6.45, 7) is 0.460. The summed E-state index contributed by atoms with van der Waals surface area (Å²) in [5.41, 5.74) is 2.47. The number of carbonyl (C=O) groups excluding carboxylic acids is 1. The van der Waals surface area contributed by atoms with Crippen molar-refractivity contribution in [2.45, 2.75) is 12.5 Å². The van der Waals surface area contributed by atoms with E-state index in [-0.39, 0.29) is 17.5 Å². The van der Waals surface area contributed by atoms with Gasteiger partial charge in [0.15, 0.2) is 11.5 Å². The first-order valence-electron chi connectivity index (χ1n) is 8.34. The van der Waals surface area contributed by atoms with Crippen LogP contribution in [0.15, 0.2) is 36.4 Å². The number of hydrogen-bond acceptors (Lipinski definition) is 5. The summed E-state index contributed by atoms with van der Waals surface area (Å²) in [6.07, 6.45) is 0.629. The first-order valence-corrected chi connectivity index (χ1v) is 8.88. The second-order valence-corrected chi connectivity index (χ2v) is 6.40. The van der Waals surface area contributed by atoms with Gasteiger partial charge in [-0.25, -0.2) is 0 Å². The number of ether oxygens (including phenoxy) is 2. The molecule has 0 aromatic heterocycles. The Balaban J connectivity index is 2.19. The Labute approximate surface area is 161 Å². The van der Waals surface area contributed by atoms with Crippen LogP contribution < -0.4 is 9.47 Å². The molecule has 0 radical (unpaired) electrons. The predicted molar refractivity (Wildman–Crippen MR) is 101 cm³/mol. The second kappa shape index (κ2) is 7.84. The van der Waals surface area contributed by atoms with E-state index in [0.29, 0.717) is 30.0 Å². The molecule has 3 rings (SSSR count). The lowest BCUT2D eigenvalue weighted by Crippen LogP contribution is -2.41. The molecule has 1 amide bonds. The highest BCUT2D eigenvalue weighted by atomic mass is 35.5. The summed E-state index contributed by atoms with van der Waals surface area (Å²) >= 11 is 5.81. The molecule has 1 aliphatic heterocycles. The third-order valence-corrected chi connectivity index (χ3v) is 4.93. The number of halogens is 1. The molecule has 27 heavy (non-hydrogen) atoms. The number of nitro benzene ring substituents is 1. The lowest BCUT2D eigenvalue weighted by atomic mass is 9.87. The maximum atomic E-state index is 12.5. The largest absolute Gasteiger partial charge is 0.493 e. The number of methoxy groups -OCH3 is 2. The van der Waals surface area contributed by atoms with Crippen LogP contribution in [0.1, 0.15) is 22.7 Å². The number of nitrogens with zero attached hydrogens (tertiary/aromatic N) is 2. The molecule has 7 nitrogen and oxygen atoms in total. The number of rotatable bonds is 5. The molecule has 0 saturated heterocycles. The Morgan fingerprint density at radius 1 is 1.26 bits per heavy atom. The number of benzene rings is 2. The molecular formula is C19H19ClN2O5. The van der Waals surface area contributed by atoms with Gasteiger partial charge in [-0.1, -0.05) is 12.1 Å². The summed E-state index contributed by atoms with van der Waals surface area (Å²) in [4.78, 5) is 24.9. The van der Waals surface area contributed by atoms with Crippen LogP contribution in [0.5, 0.6) is 11.5 Å². The first kappa shape index (κ1) is 19.0. The molecule has 1 atom stereocenters. The fourth-order valence-electron chi connectivity index (χ4n) is 3.46. The molecule has 1 unspecified atom stereocenters. The zero-order valence-electron chi connectivity index (χ0n) is 15.0. The van der Waals surface area contributed by atoms with Crippen LogP contribution in [-0.2, 0) is 11.2 Å². The fourth-order valence-corrected chi connectivity index (χ4v) is 3.61. The summed E-state index contributed by atoms with van der Waals surface area (Å²) in [6, 6.07) is 9.54. The monoisotopic (exact) mass is 390 g/mol. The maximum Gasteiger partial charge on any atom is 0.269 e. The smallest absolute Gasteiger partial charge is 0.269 e. The van der Waals surface area contributed by atoms with Crippen molar-refractivity contribution in [2.24, 2.45) is 0 Å². The van der Waals surface area contributed by atoms with E-state index in [1.54, 1.807) is 24.1 Å². The average molecular weight is 391 g/mol. The van der Waals surface area contributed by atoms with Gasteiger partial charge in [0.05, 0.1) is 25.2 Å². The predicted octanol–water partition coefficient (Wildman–Crippen LogP) is 3.32. The highest BCUT2D eigenvalue weighted by molar-refractivity contribution is 6.27. The van der Waals surface area contributed by atoms with E-state index < -0.39 is 11.0 Å². The van der Waals surface area contributed by atoms with Gasteiger partial charge in [0, 0.05) is 18.7 Å². The van der Waals surface area contributed by atoms with Gasteiger partial charge in [-0.3, -0.25) is 14.9 Å². The van der Waals surface area contributed by atoms with E-state index in [4.69, 9.17) is 21.1 Å². The zero-order valence-corrected chi connectivity index (χ0v) is 15.7. The van der Waals surface area contributed by atoms with Gasteiger partial charge < -0.3 is 14.4 Å². The van der Waals surface area contributed by atoms with Gasteiger partial charge in [-0.15, -0.1) is 11.6 Å². The lowest BCUT2D eigenvalue weighted by molar-refractivity contribution is -0.384. The van der Waals surface area contributed by atoms with Crippen LogP contribution in [0, 0.1) is 10.1 Å². The third kappa shape index (κ3) is 3.55. The standard InChI is InChI=1S/C19H19ClN2O5/c1-26-16-9-12-6-7-21(18(23)11-20)19(15(12)10-17(16)27-2)13-4-3-5-14(8-13)22(24)25/h3-5,8-10,19H,6-7,11H2,1-2H3. The highest BCUT2D eigenvalue weighted by Crippen LogP contribution is 2.41. The van der Waals surface area contributed by atoms with Crippen LogP contribution in [0.4, 0.5) is 5.69 Å². The fraction of sp³-hybridized carbons (Fsp3) is 0.316. The van der Waals surface area contributed by atoms with Gasteiger partial charge in [0.1, 0.15) is 5.88 Å². The average Bonchev–Trinajstić information content (AvgIpc) is 2.71. The molecule has 8 heteroatoms. The van der Waals surface area contributed by atoms with Crippen molar-refractivity contribution in [3.63, 3.8) is 0 Å². The molecule has 0 N–H and O–H groups in total. The van der Waals surface area contributed by atoms with E-state index in [1.165, 1.54) is 19.2 Å². The van der Waals surface area contributed by atoms with Crippen LogP contribution in [-0.4, -0.2) is 42.4 Å². The van der Waals surface area contributed by atoms with Crippen molar-refractivity contribution >= 4 is 23.2 Å². The molecule has 0 saturated carbocycles. The van der Waals surface area contributed by atoms with E-state index in [1.807, 2.05) is 12.1 Å². The van der Waals surface area contributed by atoms with Crippen LogP contribution in [0.3, 0.4) is 0 Å². The Morgan fingerprint density at radius 3 is 2.59 bits per heavy atom. The topological polar surface area (TPSA) is 81.9 Å². The summed E-state index contributed by atoms with van der Waals surface area (Å²) in [7, 11) is 3.10. The summed E-state index contributed by atoms with van der Waals surface area (Å²) in [5, 5.41) is 11.2. The number of alkyl halides is 1. The molecule has 0 aliphatic carbocycles. The van der Waals surface area contributed by atoms with E-state index in [2.05, 4.69) is 0 Å². The molecule has 0 fully saturated rings. The summed E-state index contributed by atoms with van der Waals surface area (Å²) in [5.74, 6) is 0.750. The quantitative estimate of drug-likeness (QED) is 0.444. The van der Waals surface area contributed by atoms with Crippen molar-refractivity contribution in [2.75, 3.05) is 26.6 Å². The zero-order chi connectivity index (χ0) is 19.6. The second-order valence-electron chi connectivity index (χ2n) is 6.13. The van der Waals surface area contributed by atoms with Gasteiger partial charge in [-0.2, -0.15) is 0 Å². The molecule has 1 heterocycles. The molecule has 2 aromatic carbocycles. The molecule has 1 aliphatic rings. The van der Waals surface area contributed by atoms with Crippen molar-refractivity contribution in [1.82, 2.24) is 4.90 Å². The molecule has 142 valence electrons. The van der Waals surface area contributed by atoms with E-state index in [0.717, 1.165) is 11.1 Å². The highest BCUT2D eigenvalue weighted by Gasteiger charge is 2.33. The van der Waals surface area contributed by atoms with E-state index >= 15 is 0 Å².